The van der Waals surface area contributed by atoms with E-state index in [4.69, 9.17) is 0 Å². The van der Waals surface area contributed by atoms with Crippen LogP contribution in [0.5, 0.6) is 0 Å². The summed E-state index contributed by atoms with van der Waals surface area (Å²) in [6, 6.07) is 3.80. The molecule has 1 aromatic rings. The van der Waals surface area contributed by atoms with Crippen molar-refractivity contribution >= 4 is 28.5 Å². The number of rotatable bonds is 1. The summed E-state index contributed by atoms with van der Waals surface area (Å²) in [5, 5.41) is 0. The highest BCUT2D eigenvalue weighted by Crippen LogP contribution is 2.28. The van der Waals surface area contributed by atoms with E-state index in [2.05, 4.69) is 0 Å². The molecule has 1 saturated heterocycles. The van der Waals surface area contributed by atoms with E-state index in [1.165, 1.54) is 12.1 Å². The molecular weight excluding hydrogens is 334 g/mol. The molecule has 0 saturated carbocycles. The molecule has 6 heteroatoms. The van der Waals surface area contributed by atoms with E-state index >= 15 is 0 Å². The van der Waals surface area contributed by atoms with Gasteiger partial charge in [0, 0.05) is 9.13 Å². The van der Waals surface area contributed by atoms with Crippen LogP contribution in [0, 0.1) is 9.39 Å². The summed E-state index contributed by atoms with van der Waals surface area (Å²) in [5.41, 5.74) is 0.111. The van der Waals surface area contributed by atoms with E-state index in [0.29, 0.717) is 3.57 Å². The smallest absolute Gasteiger partial charge is 0.282 e. The van der Waals surface area contributed by atoms with Gasteiger partial charge >= 0.3 is 0 Å². The Morgan fingerprint density at radius 3 is 2.44 bits per heavy atom. The molecule has 0 N–H and O–H groups in total. The second-order valence-electron chi connectivity index (χ2n) is 3.68. The van der Waals surface area contributed by atoms with E-state index < -0.39 is 30.7 Å². The third-order valence-corrected chi connectivity index (χ3v) is 2.86. The Morgan fingerprint density at radius 2 is 1.94 bits per heavy atom. The van der Waals surface area contributed by atoms with Crippen molar-refractivity contribution in [3.8, 4) is 0 Å². The maximum atomic E-state index is 13.0. The Balaban J connectivity index is 2.16. The van der Waals surface area contributed by atoms with Crippen molar-refractivity contribution in [1.82, 2.24) is 4.90 Å². The molecule has 0 aliphatic carbocycles. The minimum Gasteiger partial charge on any atom is -0.326 e. The standard InChI is InChI=1S/C10H7F3INO/c11-7-1-6(2-8(14)3-7)9(16)15-4-10(12,13)5-15/h1-3H,4-5H2. The monoisotopic (exact) mass is 341 g/mol. The van der Waals surface area contributed by atoms with Crippen LogP contribution in [0.4, 0.5) is 13.2 Å². The lowest BCUT2D eigenvalue weighted by atomic mass is 10.1. The van der Waals surface area contributed by atoms with Gasteiger partial charge in [0.05, 0.1) is 13.1 Å². The summed E-state index contributed by atoms with van der Waals surface area (Å²) in [6.07, 6.45) is 0. The third kappa shape index (κ3) is 2.31. The van der Waals surface area contributed by atoms with E-state index in [1.807, 2.05) is 22.6 Å². The summed E-state index contributed by atoms with van der Waals surface area (Å²) < 4.78 is 38.7. The van der Waals surface area contributed by atoms with Crippen LogP contribution < -0.4 is 0 Å². The van der Waals surface area contributed by atoms with Gasteiger partial charge in [-0.1, -0.05) is 0 Å². The Bertz CT molecular complexity index is 421. The topological polar surface area (TPSA) is 20.3 Å². The van der Waals surface area contributed by atoms with E-state index in [0.717, 1.165) is 11.0 Å². The predicted octanol–water partition coefficient (Wildman–Crippen LogP) is 2.52. The van der Waals surface area contributed by atoms with Crippen LogP contribution in [-0.2, 0) is 0 Å². The van der Waals surface area contributed by atoms with Crippen molar-refractivity contribution in [2.75, 3.05) is 13.1 Å². The molecule has 1 aromatic carbocycles. The molecule has 0 radical (unpaired) electrons. The zero-order valence-electron chi connectivity index (χ0n) is 8.01. The van der Waals surface area contributed by atoms with Gasteiger partial charge in [0.1, 0.15) is 5.82 Å². The first kappa shape index (κ1) is 11.7. The van der Waals surface area contributed by atoms with Crippen LogP contribution in [0.1, 0.15) is 10.4 Å². The van der Waals surface area contributed by atoms with Gasteiger partial charge in [-0.05, 0) is 40.8 Å². The summed E-state index contributed by atoms with van der Waals surface area (Å²) in [4.78, 5) is 12.6. The molecule has 2 rings (SSSR count). The van der Waals surface area contributed by atoms with Gasteiger partial charge in [-0.25, -0.2) is 13.2 Å². The molecule has 0 aromatic heterocycles. The number of halogens is 4. The van der Waals surface area contributed by atoms with E-state index in [9.17, 15) is 18.0 Å². The molecule has 1 fully saturated rings. The van der Waals surface area contributed by atoms with Crippen LogP contribution in [-0.4, -0.2) is 29.8 Å². The van der Waals surface area contributed by atoms with Crippen molar-refractivity contribution < 1.29 is 18.0 Å². The molecule has 0 bridgehead atoms. The summed E-state index contributed by atoms with van der Waals surface area (Å²) >= 11 is 1.87. The lowest BCUT2D eigenvalue weighted by molar-refractivity contribution is -0.113. The van der Waals surface area contributed by atoms with Gasteiger partial charge in [-0.2, -0.15) is 0 Å². The molecule has 1 aliphatic rings. The number of hydrogen-bond donors (Lipinski definition) is 0. The van der Waals surface area contributed by atoms with Crippen molar-refractivity contribution in [3.63, 3.8) is 0 Å². The maximum Gasteiger partial charge on any atom is 0.282 e. The zero-order valence-corrected chi connectivity index (χ0v) is 10.2. The van der Waals surface area contributed by atoms with Crippen molar-refractivity contribution in [3.05, 3.63) is 33.1 Å². The van der Waals surface area contributed by atoms with Crippen LogP contribution in [0.15, 0.2) is 18.2 Å². The van der Waals surface area contributed by atoms with Gasteiger partial charge in [0.15, 0.2) is 0 Å². The highest BCUT2D eigenvalue weighted by molar-refractivity contribution is 14.1. The van der Waals surface area contributed by atoms with Crippen LogP contribution >= 0.6 is 22.6 Å². The van der Waals surface area contributed by atoms with Crippen molar-refractivity contribution in [1.29, 1.82) is 0 Å². The Hall–Kier alpha value is -0.790. The Labute approximate surface area is 104 Å². The zero-order chi connectivity index (χ0) is 11.9. The second kappa shape index (κ2) is 3.90. The van der Waals surface area contributed by atoms with Crippen molar-refractivity contribution in [2.24, 2.45) is 0 Å². The average molecular weight is 341 g/mol. The highest BCUT2D eigenvalue weighted by Gasteiger charge is 2.46. The fourth-order valence-corrected chi connectivity index (χ4v) is 2.15. The molecule has 1 heterocycles. The molecule has 2 nitrogen and oxygen atoms in total. The predicted molar refractivity (Wildman–Crippen MR) is 60.0 cm³/mol. The number of benzene rings is 1. The van der Waals surface area contributed by atoms with Crippen molar-refractivity contribution in [2.45, 2.75) is 5.92 Å². The second-order valence-corrected chi connectivity index (χ2v) is 4.92. The molecule has 0 spiro atoms. The fraction of sp³-hybridized carbons (Fsp3) is 0.300. The minimum absolute atomic E-state index is 0.111. The first-order valence-electron chi connectivity index (χ1n) is 4.51. The number of carbonyl (C=O) groups excluding carboxylic acids is 1. The molecule has 0 unspecified atom stereocenters. The van der Waals surface area contributed by atoms with Gasteiger partial charge in [-0.15, -0.1) is 0 Å². The Morgan fingerprint density at radius 1 is 1.31 bits per heavy atom. The van der Waals surface area contributed by atoms with Gasteiger partial charge < -0.3 is 4.90 Å². The Kier molecular flexibility index (Phi) is 2.85. The van der Waals surface area contributed by atoms with Crippen LogP contribution in [0.3, 0.4) is 0 Å². The van der Waals surface area contributed by atoms with Gasteiger partial charge in [0.25, 0.3) is 11.8 Å². The quantitative estimate of drug-likeness (QED) is 0.719. The molecule has 1 aliphatic heterocycles. The fourth-order valence-electron chi connectivity index (χ4n) is 1.52. The normalized spacial score (nSPS) is 18.1. The number of nitrogens with zero attached hydrogens (tertiary/aromatic N) is 1. The summed E-state index contributed by atoms with van der Waals surface area (Å²) in [6.45, 7) is -1.17. The minimum atomic E-state index is -2.80. The van der Waals surface area contributed by atoms with E-state index in [1.54, 1.807) is 0 Å². The molecule has 86 valence electrons. The first-order valence-corrected chi connectivity index (χ1v) is 5.58. The van der Waals surface area contributed by atoms with E-state index in [-0.39, 0.29) is 5.56 Å². The molecular formula is C10H7F3INO. The first-order chi connectivity index (χ1) is 7.37. The number of carbonyl (C=O) groups is 1. The highest BCUT2D eigenvalue weighted by atomic mass is 127. The molecule has 0 atom stereocenters. The SMILES string of the molecule is O=C(c1cc(F)cc(I)c1)N1CC(F)(F)C1. The third-order valence-electron chi connectivity index (χ3n) is 2.24. The molecule has 16 heavy (non-hydrogen) atoms. The number of hydrogen-bond acceptors (Lipinski definition) is 1. The average Bonchev–Trinajstić information content (AvgIpc) is 2.11. The number of amides is 1. The lowest BCUT2D eigenvalue weighted by Crippen LogP contribution is -2.58. The summed E-state index contributed by atoms with van der Waals surface area (Å²) in [7, 11) is 0. The lowest BCUT2D eigenvalue weighted by Gasteiger charge is -2.38. The largest absolute Gasteiger partial charge is 0.326 e. The van der Waals surface area contributed by atoms with Crippen LogP contribution in [0.2, 0.25) is 0 Å². The summed E-state index contributed by atoms with van der Waals surface area (Å²) in [5.74, 6) is -3.89. The van der Waals surface area contributed by atoms with Crippen LogP contribution in [0.25, 0.3) is 0 Å². The molecule has 1 amide bonds. The van der Waals surface area contributed by atoms with Gasteiger partial charge in [-0.3, -0.25) is 4.79 Å². The number of likely N-dealkylation sites (tertiary alicyclic amines) is 1. The maximum absolute atomic E-state index is 13.0. The number of alkyl halides is 2. The van der Waals surface area contributed by atoms with Gasteiger partial charge in [0.2, 0.25) is 0 Å².